The van der Waals surface area contributed by atoms with E-state index in [0.29, 0.717) is 12.2 Å². The number of rotatable bonds is 6. The number of ether oxygens (including phenoxy) is 1. The van der Waals surface area contributed by atoms with Crippen LogP contribution < -0.4 is 5.32 Å². The summed E-state index contributed by atoms with van der Waals surface area (Å²) in [4.78, 5) is 22.3. The third-order valence-corrected chi connectivity index (χ3v) is 2.96. The normalized spacial score (nSPS) is 11.7. The highest BCUT2D eigenvalue weighted by atomic mass is 16.5. The van der Waals surface area contributed by atoms with Crippen molar-refractivity contribution in [2.75, 3.05) is 7.11 Å². The number of methoxy groups -OCH3 is 1. The molecule has 2 N–H and O–H groups in total. The summed E-state index contributed by atoms with van der Waals surface area (Å²) in [5.74, 6) is -1.16. The average Bonchev–Trinajstić information content (AvgIpc) is 2.94. The Morgan fingerprint density at radius 3 is 2.73 bits per heavy atom. The number of nitrogens with zero attached hydrogens (tertiary/aromatic N) is 3. The molecule has 8 nitrogen and oxygen atoms in total. The number of hydrogen-bond acceptors (Lipinski definition) is 5. The minimum Gasteiger partial charge on any atom is -0.480 e. The second-order valence-corrected chi connectivity index (χ2v) is 4.62. The van der Waals surface area contributed by atoms with E-state index < -0.39 is 18.1 Å². The van der Waals surface area contributed by atoms with Gasteiger partial charge in [-0.3, -0.25) is 0 Å². The lowest BCUT2D eigenvalue weighted by molar-refractivity contribution is -0.139. The summed E-state index contributed by atoms with van der Waals surface area (Å²) in [5, 5.41) is 19.2. The first-order valence-electron chi connectivity index (χ1n) is 6.58. The van der Waals surface area contributed by atoms with Gasteiger partial charge in [0.05, 0.1) is 19.3 Å². The van der Waals surface area contributed by atoms with E-state index in [-0.39, 0.29) is 6.42 Å². The van der Waals surface area contributed by atoms with Crippen LogP contribution in [0.5, 0.6) is 0 Å². The molecule has 0 bridgehead atoms. The van der Waals surface area contributed by atoms with E-state index in [1.54, 1.807) is 10.9 Å². The van der Waals surface area contributed by atoms with Crippen LogP contribution in [-0.4, -0.2) is 45.3 Å². The first-order valence-corrected chi connectivity index (χ1v) is 6.58. The molecular formula is C14H16N4O4. The molecule has 0 spiro atoms. The molecule has 0 radical (unpaired) electrons. The Morgan fingerprint density at radius 1 is 1.36 bits per heavy atom. The number of aromatic nitrogens is 3. The second kappa shape index (κ2) is 7.21. The van der Waals surface area contributed by atoms with E-state index in [9.17, 15) is 9.59 Å². The number of hydrogen-bond donors (Lipinski definition) is 2. The molecule has 0 aliphatic heterocycles. The number of amides is 1. The molecule has 1 heterocycles. The van der Waals surface area contributed by atoms with Gasteiger partial charge in [-0.2, -0.15) is 0 Å². The molecule has 1 aromatic carbocycles. The van der Waals surface area contributed by atoms with E-state index in [2.05, 4.69) is 20.4 Å². The van der Waals surface area contributed by atoms with Crippen LogP contribution in [0.2, 0.25) is 0 Å². The fraction of sp³-hybridized carbons (Fsp3) is 0.286. The summed E-state index contributed by atoms with van der Waals surface area (Å²) < 4.78 is 6.01. The van der Waals surface area contributed by atoms with Crippen LogP contribution in [0.1, 0.15) is 11.3 Å². The minimum atomic E-state index is -1.16. The molecule has 1 unspecified atom stereocenters. The molecule has 0 saturated carbocycles. The van der Waals surface area contributed by atoms with Crippen LogP contribution in [0.4, 0.5) is 4.79 Å². The first kappa shape index (κ1) is 15.5. The van der Waals surface area contributed by atoms with Gasteiger partial charge in [-0.05, 0) is 5.56 Å². The summed E-state index contributed by atoms with van der Waals surface area (Å²) in [7, 11) is 1.17. The average molecular weight is 304 g/mol. The largest absolute Gasteiger partial charge is 0.480 e. The van der Waals surface area contributed by atoms with Crippen molar-refractivity contribution in [3.8, 4) is 0 Å². The molecule has 2 rings (SSSR count). The molecule has 1 atom stereocenters. The molecule has 0 aliphatic carbocycles. The van der Waals surface area contributed by atoms with Gasteiger partial charge in [0.25, 0.3) is 0 Å². The van der Waals surface area contributed by atoms with Crippen molar-refractivity contribution in [3.05, 3.63) is 47.8 Å². The molecule has 22 heavy (non-hydrogen) atoms. The van der Waals surface area contributed by atoms with Crippen LogP contribution in [0.15, 0.2) is 36.5 Å². The molecule has 8 heteroatoms. The molecule has 116 valence electrons. The van der Waals surface area contributed by atoms with Crippen molar-refractivity contribution >= 4 is 12.1 Å². The van der Waals surface area contributed by atoms with Gasteiger partial charge in [-0.25, -0.2) is 14.3 Å². The fourth-order valence-electron chi connectivity index (χ4n) is 1.89. The van der Waals surface area contributed by atoms with Gasteiger partial charge < -0.3 is 15.2 Å². The highest BCUT2D eigenvalue weighted by Gasteiger charge is 2.22. The molecule has 0 fully saturated rings. The monoisotopic (exact) mass is 304 g/mol. The number of nitrogens with one attached hydrogen (secondary N) is 1. The van der Waals surface area contributed by atoms with Crippen LogP contribution in [0.25, 0.3) is 0 Å². The Bertz CT molecular complexity index is 641. The van der Waals surface area contributed by atoms with E-state index in [0.717, 1.165) is 5.56 Å². The van der Waals surface area contributed by atoms with Crippen molar-refractivity contribution in [3.63, 3.8) is 0 Å². The number of carbonyl (C=O) groups excluding carboxylic acids is 1. The van der Waals surface area contributed by atoms with E-state index >= 15 is 0 Å². The Labute approximate surface area is 126 Å². The lowest BCUT2D eigenvalue weighted by atomic mass is 10.1. The fourth-order valence-corrected chi connectivity index (χ4v) is 1.89. The van der Waals surface area contributed by atoms with Gasteiger partial charge in [0.15, 0.2) is 0 Å². The lowest BCUT2D eigenvalue weighted by Gasteiger charge is -2.11. The maximum absolute atomic E-state index is 11.1. The number of carboxylic acid groups (broad SMARTS) is 1. The Kier molecular flexibility index (Phi) is 5.07. The van der Waals surface area contributed by atoms with Crippen LogP contribution in [-0.2, 0) is 22.5 Å². The van der Waals surface area contributed by atoms with Crippen LogP contribution in [0.3, 0.4) is 0 Å². The Morgan fingerprint density at radius 2 is 2.09 bits per heavy atom. The summed E-state index contributed by atoms with van der Waals surface area (Å²) >= 11 is 0. The maximum Gasteiger partial charge on any atom is 0.407 e. The predicted octanol–water partition coefficient (Wildman–Crippen LogP) is 0.678. The zero-order valence-corrected chi connectivity index (χ0v) is 12.0. The van der Waals surface area contributed by atoms with Gasteiger partial charge in [-0.15, -0.1) is 5.10 Å². The first-order chi connectivity index (χ1) is 10.6. The second-order valence-electron chi connectivity index (χ2n) is 4.62. The van der Waals surface area contributed by atoms with E-state index in [4.69, 9.17) is 5.11 Å². The lowest BCUT2D eigenvalue weighted by Crippen LogP contribution is -2.42. The molecule has 1 aromatic heterocycles. The van der Waals surface area contributed by atoms with Crippen molar-refractivity contribution in [2.24, 2.45) is 0 Å². The number of carbonyl (C=O) groups is 2. The number of aliphatic carboxylic acids is 1. The third-order valence-electron chi connectivity index (χ3n) is 2.96. The standard InChI is InChI=1S/C14H16N4O4/c1-22-14(21)15-12(13(19)20)7-11-9-18(17-16-11)8-10-5-3-2-4-6-10/h2-6,9,12H,7-8H2,1H3,(H,15,21)(H,19,20). The molecular weight excluding hydrogens is 288 g/mol. The molecule has 0 saturated heterocycles. The van der Waals surface area contributed by atoms with Crippen LogP contribution in [0, 0.1) is 0 Å². The van der Waals surface area contributed by atoms with Gasteiger partial charge in [-0.1, -0.05) is 35.5 Å². The SMILES string of the molecule is COC(=O)NC(Cc1cn(Cc2ccccc2)nn1)C(=O)O. The zero-order chi connectivity index (χ0) is 15.9. The van der Waals surface area contributed by atoms with E-state index in [1.807, 2.05) is 30.3 Å². The zero-order valence-electron chi connectivity index (χ0n) is 12.0. The Balaban J connectivity index is 2.00. The minimum absolute atomic E-state index is 0.0270. The number of benzene rings is 1. The maximum atomic E-state index is 11.1. The number of carboxylic acids is 1. The van der Waals surface area contributed by atoms with Crippen molar-refractivity contribution in [1.82, 2.24) is 20.3 Å². The smallest absolute Gasteiger partial charge is 0.407 e. The quantitative estimate of drug-likeness (QED) is 0.812. The van der Waals surface area contributed by atoms with Gasteiger partial charge >= 0.3 is 12.1 Å². The summed E-state index contributed by atoms with van der Waals surface area (Å²) in [6.45, 7) is 0.538. The van der Waals surface area contributed by atoms with Crippen LogP contribution >= 0.6 is 0 Å². The van der Waals surface area contributed by atoms with Gasteiger partial charge in [0, 0.05) is 12.6 Å². The van der Waals surface area contributed by atoms with Crippen molar-refractivity contribution < 1.29 is 19.4 Å². The van der Waals surface area contributed by atoms with Gasteiger partial charge in [0.1, 0.15) is 6.04 Å². The highest BCUT2D eigenvalue weighted by molar-refractivity contribution is 5.80. The third kappa shape index (κ3) is 4.30. The van der Waals surface area contributed by atoms with Gasteiger partial charge in [0.2, 0.25) is 0 Å². The Hall–Kier alpha value is -2.90. The van der Waals surface area contributed by atoms with Crippen molar-refractivity contribution in [1.29, 1.82) is 0 Å². The predicted molar refractivity (Wildman–Crippen MR) is 76.2 cm³/mol. The molecule has 0 aliphatic rings. The van der Waals surface area contributed by atoms with Crippen molar-refractivity contribution in [2.45, 2.75) is 19.0 Å². The molecule has 2 aromatic rings. The molecule has 1 amide bonds. The summed E-state index contributed by atoms with van der Waals surface area (Å²) in [5.41, 5.74) is 1.53. The highest BCUT2D eigenvalue weighted by Crippen LogP contribution is 2.04. The van der Waals surface area contributed by atoms with E-state index in [1.165, 1.54) is 7.11 Å². The summed E-state index contributed by atoms with van der Waals surface area (Å²) in [6, 6.07) is 8.57. The number of alkyl carbamates (subject to hydrolysis) is 1. The summed E-state index contributed by atoms with van der Waals surface area (Å²) in [6.07, 6.45) is 0.880. The topological polar surface area (TPSA) is 106 Å².